The average Bonchev–Trinajstić information content (AvgIpc) is 2.55. The molecule has 1 amide bonds. The van der Waals surface area contributed by atoms with Gasteiger partial charge < -0.3 is 4.90 Å². The summed E-state index contributed by atoms with van der Waals surface area (Å²) in [6.07, 6.45) is 1.16. The van der Waals surface area contributed by atoms with E-state index in [4.69, 9.17) is 5.26 Å². The minimum Gasteiger partial charge on any atom is -0.308 e. The number of fused-ring (bicyclic) bond motifs is 1. The summed E-state index contributed by atoms with van der Waals surface area (Å²) in [5.41, 5.74) is 2.37. The Labute approximate surface area is 94.6 Å². The molecule has 0 fully saturated rings. The van der Waals surface area contributed by atoms with Crippen LogP contribution in [0, 0.1) is 11.3 Å². The summed E-state index contributed by atoms with van der Waals surface area (Å²) in [6, 6.07) is 9.54. The zero-order valence-corrected chi connectivity index (χ0v) is 8.94. The molecule has 1 heterocycles. The largest absolute Gasteiger partial charge is 0.308 e. The fourth-order valence-corrected chi connectivity index (χ4v) is 1.89. The van der Waals surface area contributed by atoms with Crippen molar-refractivity contribution in [1.29, 1.82) is 5.26 Å². The monoisotopic (exact) mass is 212 g/mol. The van der Waals surface area contributed by atoms with Gasteiger partial charge >= 0.3 is 0 Å². The van der Waals surface area contributed by atoms with E-state index in [1.807, 2.05) is 24.3 Å². The maximum atomic E-state index is 12.0. The number of carbonyl (C=O) groups is 1. The summed E-state index contributed by atoms with van der Waals surface area (Å²) in [6.45, 7) is 4.50. The Morgan fingerprint density at radius 2 is 2.00 bits per heavy atom. The van der Waals surface area contributed by atoms with Crippen molar-refractivity contribution < 1.29 is 4.79 Å². The number of nitriles is 1. The number of hydrogen-bond donors (Lipinski definition) is 0. The van der Waals surface area contributed by atoms with Gasteiger partial charge in [0.05, 0.1) is 6.07 Å². The van der Waals surface area contributed by atoms with Crippen LogP contribution in [0.1, 0.15) is 28.8 Å². The molecule has 0 N–H and O–H groups in total. The van der Waals surface area contributed by atoms with E-state index in [0.717, 1.165) is 11.3 Å². The number of hydrogen-bond acceptors (Lipinski definition) is 2. The Hall–Kier alpha value is -2.08. The Balaban J connectivity index is 2.19. The van der Waals surface area contributed by atoms with E-state index >= 15 is 0 Å². The Morgan fingerprint density at radius 1 is 1.31 bits per heavy atom. The van der Waals surface area contributed by atoms with Gasteiger partial charge in [0.25, 0.3) is 5.91 Å². The first-order chi connectivity index (χ1) is 7.75. The van der Waals surface area contributed by atoms with Crippen LogP contribution in [0.4, 0.5) is 0 Å². The molecule has 0 saturated carbocycles. The van der Waals surface area contributed by atoms with Gasteiger partial charge in [-0.15, -0.1) is 0 Å². The molecule has 0 radical (unpaired) electrons. The molecule has 1 aromatic rings. The summed E-state index contributed by atoms with van der Waals surface area (Å²) in [4.78, 5) is 13.6. The predicted molar refractivity (Wildman–Crippen MR) is 61.4 cm³/mol. The third-order valence-electron chi connectivity index (χ3n) is 2.71. The molecule has 16 heavy (non-hydrogen) atoms. The molecule has 0 spiro atoms. The van der Waals surface area contributed by atoms with E-state index in [0.29, 0.717) is 24.9 Å². The molecule has 80 valence electrons. The highest BCUT2D eigenvalue weighted by Gasteiger charge is 2.29. The first-order valence-electron chi connectivity index (χ1n) is 5.23. The number of nitrogens with zero attached hydrogens (tertiary/aromatic N) is 2. The zero-order valence-electron chi connectivity index (χ0n) is 8.94. The van der Waals surface area contributed by atoms with Gasteiger partial charge in [0, 0.05) is 29.8 Å². The Bertz CT molecular complexity index is 450. The van der Waals surface area contributed by atoms with Crippen molar-refractivity contribution >= 4 is 11.6 Å². The lowest BCUT2D eigenvalue weighted by Gasteiger charge is -2.16. The third-order valence-corrected chi connectivity index (χ3v) is 2.71. The van der Waals surface area contributed by atoms with Gasteiger partial charge in [-0.1, -0.05) is 24.8 Å². The minimum absolute atomic E-state index is 0.00135. The second-order valence-electron chi connectivity index (χ2n) is 3.71. The Kier molecular flexibility index (Phi) is 2.74. The first kappa shape index (κ1) is 10.4. The van der Waals surface area contributed by atoms with E-state index in [1.54, 1.807) is 4.90 Å². The van der Waals surface area contributed by atoms with Gasteiger partial charge in [0.1, 0.15) is 0 Å². The van der Waals surface area contributed by atoms with Crippen LogP contribution in [0.3, 0.4) is 0 Å². The summed E-state index contributed by atoms with van der Waals surface area (Å²) in [5.74, 6) is -0.00135. The van der Waals surface area contributed by atoms with Crippen LogP contribution >= 0.6 is 0 Å². The average molecular weight is 212 g/mol. The fourth-order valence-electron chi connectivity index (χ4n) is 1.89. The van der Waals surface area contributed by atoms with Crippen molar-refractivity contribution in [3.63, 3.8) is 0 Å². The van der Waals surface area contributed by atoms with Crippen LogP contribution in [0.5, 0.6) is 0 Å². The van der Waals surface area contributed by atoms with Crippen LogP contribution in [-0.4, -0.2) is 17.4 Å². The molecule has 0 aliphatic carbocycles. The molecule has 1 aromatic carbocycles. The van der Waals surface area contributed by atoms with E-state index in [9.17, 15) is 4.79 Å². The summed E-state index contributed by atoms with van der Waals surface area (Å²) < 4.78 is 0. The van der Waals surface area contributed by atoms with E-state index in [2.05, 4.69) is 12.6 Å². The molecule has 0 atom stereocenters. The normalized spacial score (nSPS) is 13.8. The van der Waals surface area contributed by atoms with E-state index in [1.165, 1.54) is 0 Å². The topological polar surface area (TPSA) is 44.1 Å². The number of benzene rings is 1. The first-order valence-corrected chi connectivity index (χ1v) is 5.23. The standard InChI is InChI=1S/C13H12N2O/c1-10-11-6-2-3-7-12(11)13(16)15(10)9-5-4-8-14/h2-3,6-7H,1,4-5,9H2. The van der Waals surface area contributed by atoms with Crippen LogP contribution in [0.25, 0.3) is 5.70 Å². The highest BCUT2D eigenvalue weighted by Crippen LogP contribution is 2.31. The quantitative estimate of drug-likeness (QED) is 0.722. The molecule has 0 saturated heterocycles. The molecule has 1 aliphatic heterocycles. The molecular weight excluding hydrogens is 200 g/mol. The highest BCUT2D eigenvalue weighted by atomic mass is 16.2. The van der Waals surface area contributed by atoms with Crippen LogP contribution in [0.2, 0.25) is 0 Å². The predicted octanol–water partition coefficient (Wildman–Crippen LogP) is 2.42. The van der Waals surface area contributed by atoms with Crippen molar-refractivity contribution in [2.24, 2.45) is 0 Å². The molecule has 0 unspecified atom stereocenters. The molecule has 3 heteroatoms. The lowest BCUT2D eigenvalue weighted by Crippen LogP contribution is -2.23. The van der Waals surface area contributed by atoms with Gasteiger partial charge in [-0.3, -0.25) is 4.79 Å². The molecular formula is C13H12N2O. The summed E-state index contributed by atoms with van der Waals surface area (Å²) in [7, 11) is 0. The number of rotatable bonds is 3. The Morgan fingerprint density at radius 3 is 2.62 bits per heavy atom. The lowest BCUT2D eigenvalue weighted by atomic mass is 10.1. The van der Waals surface area contributed by atoms with Crippen molar-refractivity contribution in [2.75, 3.05) is 6.54 Å². The van der Waals surface area contributed by atoms with Gasteiger partial charge in [0.2, 0.25) is 0 Å². The SMILES string of the molecule is C=C1c2ccccc2C(=O)N1CCCC#N. The van der Waals surface area contributed by atoms with Crippen LogP contribution in [-0.2, 0) is 0 Å². The smallest absolute Gasteiger partial charge is 0.258 e. The molecule has 1 aliphatic rings. The number of carbonyl (C=O) groups excluding carboxylic acids is 1. The highest BCUT2D eigenvalue weighted by molar-refractivity contribution is 6.08. The minimum atomic E-state index is -0.00135. The molecule has 3 nitrogen and oxygen atoms in total. The molecule has 2 rings (SSSR count). The van der Waals surface area contributed by atoms with Crippen LogP contribution < -0.4 is 0 Å². The van der Waals surface area contributed by atoms with Gasteiger partial charge in [-0.2, -0.15) is 5.26 Å². The van der Waals surface area contributed by atoms with E-state index in [-0.39, 0.29) is 5.91 Å². The second-order valence-corrected chi connectivity index (χ2v) is 3.71. The maximum absolute atomic E-state index is 12.0. The van der Waals surface area contributed by atoms with Gasteiger partial charge in [-0.05, 0) is 12.5 Å². The fraction of sp³-hybridized carbons (Fsp3) is 0.231. The van der Waals surface area contributed by atoms with Gasteiger partial charge in [-0.25, -0.2) is 0 Å². The zero-order chi connectivity index (χ0) is 11.5. The number of amides is 1. The third kappa shape index (κ3) is 1.59. The van der Waals surface area contributed by atoms with Crippen molar-refractivity contribution in [3.8, 4) is 6.07 Å². The summed E-state index contributed by atoms with van der Waals surface area (Å²) in [5, 5.41) is 8.47. The van der Waals surface area contributed by atoms with Gasteiger partial charge in [0.15, 0.2) is 0 Å². The second kappa shape index (κ2) is 4.19. The van der Waals surface area contributed by atoms with Crippen molar-refractivity contribution in [2.45, 2.75) is 12.8 Å². The maximum Gasteiger partial charge on any atom is 0.258 e. The molecule has 0 aromatic heterocycles. The van der Waals surface area contributed by atoms with Crippen molar-refractivity contribution in [3.05, 3.63) is 42.0 Å². The lowest BCUT2D eigenvalue weighted by molar-refractivity contribution is 0.0850. The van der Waals surface area contributed by atoms with E-state index < -0.39 is 0 Å². The molecule has 0 bridgehead atoms. The number of unbranched alkanes of at least 4 members (excludes halogenated alkanes) is 1. The summed E-state index contributed by atoms with van der Waals surface area (Å²) >= 11 is 0. The van der Waals surface area contributed by atoms with Crippen molar-refractivity contribution in [1.82, 2.24) is 4.90 Å². The van der Waals surface area contributed by atoms with Crippen LogP contribution in [0.15, 0.2) is 30.8 Å².